The van der Waals surface area contributed by atoms with E-state index < -0.39 is 0 Å². The van der Waals surface area contributed by atoms with Crippen LogP contribution in [0.1, 0.15) is 39.0 Å². The van der Waals surface area contributed by atoms with Crippen molar-refractivity contribution in [2.75, 3.05) is 32.7 Å². The van der Waals surface area contributed by atoms with Crippen LogP contribution >= 0.6 is 0 Å². The third kappa shape index (κ3) is 3.35. The molecule has 98 valence electrons. The van der Waals surface area contributed by atoms with Crippen molar-refractivity contribution in [2.45, 2.75) is 45.1 Å². The number of hydrogen-bond donors (Lipinski definition) is 1. The van der Waals surface area contributed by atoms with Crippen LogP contribution in [-0.2, 0) is 0 Å². The summed E-state index contributed by atoms with van der Waals surface area (Å²) in [5.74, 6) is 0. The minimum atomic E-state index is 0.262. The number of nitrogens with zero attached hydrogens (tertiary/aromatic N) is 2. The van der Waals surface area contributed by atoms with Gasteiger partial charge in [-0.1, -0.05) is 6.92 Å². The van der Waals surface area contributed by atoms with Crippen molar-refractivity contribution in [1.82, 2.24) is 15.1 Å². The van der Waals surface area contributed by atoms with Crippen molar-refractivity contribution in [3.8, 4) is 0 Å². The van der Waals surface area contributed by atoms with Crippen LogP contribution in [0.25, 0.3) is 0 Å². The molecule has 1 unspecified atom stereocenters. The van der Waals surface area contributed by atoms with Gasteiger partial charge in [0.15, 0.2) is 0 Å². The number of carbonyl (C=O) groups is 1. The average molecular weight is 239 g/mol. The highest BCUT2D eigenvalue weighted by atomic mass is 16.2. The molecule has 17 heavy (non-hydrogen) atoms. The molecule has 2 heterocycles. The molecule has 4 heteroatoms. The SMILES string of the molecule is CCCN(CC1CCCN1)C(=O)N1CCCC1. The van der Waals surface area contributed by atoms with Crippen molar-refractivity contribution in [2.24, 2.45) is 0 Å². The topological polar surface area (TPSA) is 35.6 Å². The molecule has 0 aromatic carbocycles. The first-order chi connectivity index (χ1) is 8.31. The molecule has 0 aromatic heterocycles. The molecular weight excluding hydrogens is 214 g/mol. The zero-order chi connectivity index (χ0) is 12.1. The first-order valence-corrected chi connectivity index (χ1v) is 7.08. The van der Waals surface area contributed by atoms with E-state index in [2.05, 4.69) is 12.2 Å². The van der Waals surface area contributed by atoms with Gasteiger partial charge < -0.3 is 15.1 Å². The smallest absolute Gasteiger partial charge is 0.320 e. The number of rotatable bonds is 4. The first kappa shape index (κ1) is 12.7. The summed E-state index contributed by atoms with van der Waals surface area (Å²) >= 11 is 0. The largest absolute Gasteiger partial charge is 0.325 e. The molecule has 4 nitrogen and oxygen atoms in total. The minimum absolute atomic E-state index is 0.262. The summed E-state index contributed by atoms with van der Waals surface area (Å²) in [6.45, 7) is 6.96. The van der Waals surface area contributed by atoms with Crippen molar-refractivity contribution >= 4 is 6.03 Å². The van der Waals surface area contributed by atoms with Crippen LogP contribution in [0.2, 0.25) is 0 Å². The Hall–Kier alpha value is -0.770. The maximum Gasteiger partial charge on any atom is 0.320 e. The Balaban J connectivity index is 1.87. The predicted octanol–water partition coefficient (Wildman–Crippen LogP) is 1.67. The lowest BCUT2D eigenvalue weighted by atomic mass is 10.2. The number of urea groups is 1. The molecule has 0 aliphatic carbocycles. The van der Waals surface area contributed by atoms with Gasteiger partial charge in [-0.3, -0.25) is 0 Å². The highest BCUT2D eigenvalue weighted by molar-refractivity contribution is 5.74. The number of nitrogens with one attached hydrogen (secondary N) is 1. The lowest BCUT2D eigenvalue weighted by Crippen LogP contribution is -2.47. The van der Waals surface area contributed by atoms with E-state index in [0.29, 0.717) is 6.04 Å². The minimum Gasteiger partial charge on any atom is -0.325 e. The number of likely N-dealkylation sites (tertiary alicyclic amines) is 1. The van der Waals surface area contributed by atoms with Crippen LogP contribution < -0.4 is 5.32 Å². The lowest BCUT2D eigenvalue weighted by molar-refractivity contribution is 0.158. The van der Waals surface area contributed by atoms with Gasteiger partial charge in [0.2, 0.25) is 0 Å². The van der Waals surface area contributed by atoms with E-state index in [1.54, 1.807) is 0 Å². The fourth-order valence-electron chi connectivity index (χ4n) is 2.82. The summed E-state index contributed by atoms with van der Waals surface area (Å²) in [4.78, 5) is 16.4. The second-order valence-electron chi connectivity index (χ2n) is 5.22. The van der Waals surface area contributed by atoms with E-state index in [0.717, 1.165) is 39.1 Å². The number of carbonyl (C=O) groups excluding carboxylic acids is 1. The Labute approximate surface area is 104 Å². The molecule has 0 radical (unpaired) electrons. The molecule has 2 fully saturated rings. The third-order valence-corrected chi connectivity index (χ3v) is 3.74. The Morgan fingerprint density at radius 3 is 2.71 bits per heavy atom. The highest BCUT2D eigenvalue weighted by Crippen LogP contribution is 2.13. The van der Waals surface area contributed by atoms with Gasteiger partial charge in [0.1, 0.15) is 0 Å². The molecule has 1 N–H and O–H groups in total. The van der Waals surface area contributed by atoms with Crippen LogP contribution in [0.15, 0.2) is 0 Å². The van der Waals surface area contributed by atoms with Gasteiger partial charge >= 0.3 is 6.03 Å². The molecule has 1 atom stereocenters. The molecule has 2 aliphatic rings. The third-order valence-electron chi connectivity index (χ3n) is 3.74. The van der Waals surface area contributed by atoms with E-state index >= 15 is 0 Å². The van der Waals surface area contributed by atoms with Gasteiger partial charge in [-0.05, 0) is 38.6 Å². The van der Waals surface area contributed by atoms with E-state index in [4.69, 9.17) is 0 Å². The molecule has 2 rings (SSSR count). The fraction of sp³-hybridized carbons (Fsp3) is 0.923. The van der Waals surface area contributed by atoms with Crippen molar-refractivity contribution in [1.29, 1.82) is 0 Å². The Morgan fingerprint density at radius 2 is 2.12 bits per heavy atom. The standard InChI is InChI=1S/C13H25N3O/c1-2-8-16(11-12-6-5-7-14-12)13(17)15-9-3-4-10-15/h12,14H,2-11H2,1H3. The van der Waals surface area contributed by atoms with E-state index in [-0.39, 0.29) is 6.03 Å². The van der Waals surface area contributed by atoms with Crippen LogP contribution in [0.5, 0.6) is 0 Å². The number of hydrogen-bond acceptors (Lipinski definition) is 2. The van der Waals surface area contributed by atoms with Gasteiger partial charge in [-0.2, -0.15) is 0 Å². The maximum absolute atomic E-state index is 12.3. The van der Waals surface area contributed by atoms with Crippen LogP contribution in [0.4, 0.5) is 4.79 Å². The molecule has 2 amide bonds. The highest BCUT2D eigenvalue weighted by Gasteiger charge is 2.26. The van der Waals surface area contributed by atoms with Crippen molar-refractivity contribution in [3.63, 3.8) is 0 Å². The molecule has 0 bridgehead atoms. The summed E-state index contributed by atoms with van der Waals surface area (Å²) in [7, 11) is 0. The molecule has 2 saturated heterocycles. The lowest BCUT2D eigenvalue weighted by Gasteiger charge is -2.29. The quantitative estimate of drug-likeness (QED) is 0.810. The second kappa shape index (κ2) is 6.24. The van der Waals surface area contributed by atoms with Gasteiger partial charge in [0.25, 0.3) is 0 Å². The molecular formula is C13H25N3O. The first-order valence-electron chi connectivity index (χ1n) is 7.08. The zero-order valence-electron chi connectivity index (χ0n) is 11.0. The van der Waals surface area contributed by atoms with Gasteiger partial charge in [0.05, 0.1) is 0 Å². The molecule has 0 aromatic rings. The Morgan fingerprint density at radius 1 is 1.35 bits per heavy atom. The maximum atomic E-state index is 12.3. The predicted molar refractivity (Wildman–Crippen MR) is 69.1 cm³/mol. The fourth-order valence-corrected chi connectivity index (χ4v) is 2.82. The summed E-state index contributed by atoms with van der Waals surface area (Å²) in [6, 6.07) is 0.783. The van der Waals surface area contributed by atoms with E-state index in [9.17, 15) is 4.79 Å². The number of amides is 2. The summed E-state index contributed by atoms with van der Waals surface area (Å²) < 4.78 is 0. The summed E-state index contributed by atoms with van der Waals surface area (Å²) in [5, 5.41) is 3.48. The van der Waals surface area contributed by atoms with E-state index in [1.807, 2.05) is 9.80 Å². The van der Waals surface area contributed by atoms with Gasteiger partial charge in [-0.15, -0.1) is 0 Å². The molecule has 0 saturated carbocycles. The normalized spacial score (nSPS) is 24.3. The van der Waals surface area contributed by atoms with Crippen LogP contribution in [-0.4, -0.2) is 54.6 Å². The Kier molecular flexibility index (Phi) is 4.66. The van der Waals surface area contributed by atoms with Crippen molar-refractivity contribution in [3.05, 3.63) is 0 Å². The van der Waals surface area contributed by atoms with Crippen LogP contribution in [0, 0.1) is 0 Å². The van der Waals surface area contributed by atoms with Crippen LogP contribution in [0.3, 0.4) is 0 Å². The van der Waals surface area contributed by atoms with Gasteiger partial charge in [0, 0.05) is 32.2 Å². The summed E-state index contributed by atoms with van der Waals surface area (Å²) in [6.07, 6.45) is 5.86. The molecule has 2 aliphatic heterocycles. The molecule has 0 spiro atoms. The van der Waals surface area contributed by atoms with Crippen molar-refractivity contribution < 1.29 is 4.79 Å². The van der Waals surface area contributed by atoms with Gasteiger partial charge in [-0.25, -0.2) is 4.79 Å². The average Bonchev–Trinajstić information content (AvgIpc) is 3.00. The monoisotopic (exact) mass is 239 g/mol. The second-order valence-corrected chi connectivity index (χ2v) is 5.22. The van der Waals surface area contributed by atoms with E-state index in [1.165, 1.54) is 25.7 Å². The zero-order valence-corrected chi connectivity index (χ0v) is 11.0. The summed E-state index contributed by atoms with van der Waals surface area (Å²) in [5.41, 5.74) is 0. The Bertz CT molecular complexity index is 245.